The Bertz CT molecular complexity index is 1210. The topological polar surface area (TPSA) is 97.3 Å². The summed E-state index contributed by atoms with van der Waals surface area (Å²) in [5.41, 5.74) is 0.929. The molecule has 3 aliphatic rings. The number of allylic oxidation sites excluding steroid dienone is 2. The van der Waals surface area contributed by atoms with Crippen LogP contribution in [0.3, 0.4) is 0 Å². The van der Waals surface area contributed by atoms with Gasteiger partial charge in [-0.2, -0.15) is 10.1 Å². The SMILES string of the molecule is CCOc1cc(C=NN2C(=O)[C@@H]3[C@H](C2=O)[C@H]2C=C[C@H]3C2)ccc1OCC(=O)Nc1cccc(F)c1. The quantitative estimate of drug-likeness (QED) is 0.357. The van der Waals surface area contributed by atoms with Gasteiger partial charge in [-0.15, -0.1) is 0 Å². The standard InChI is InChI=1S/C26H24FN3O5/c1-2-34-21-10-15(6-9-20(21)35-14-22(31)29-19-5-3-4-18(27)12-19)13-28-30-25(32)23-16-7-8-17(11-16)24(23)26(30)33/h3-10,12-13,16-17,23-24H,2,11,14H2,1H3,(H,29,31)/t16-,17-,23-,24+/m0/s1. The summed E-state index contributed by atoms with van der Waals surface area (Å²) in [4.78, 5) is 37.8. The minimum atomic E-state index is -0.455. The van der Waals surface area contributed by atoms with Gasteiger partial charge < -0.3 is 14.8 Å². The molecule has 0 unspecified atom stereocenters. The zero-order valence-corrected chi connectivity index (χ0v) is 19.0. The molecular weight excluding hydrogens is 453 g/mol. The number of carbonyl (C=O) groups is 3. The average molecular weight is 477 g/mol. The maximum atomic E-state index is 13.3. The van der Waals surface area contributed by atoms with Gasteiger partial charge in [0.2, 0.25) is 0 Å². The van der Waals surface area contributed by atoms with E-state index in [2.05, 4.69) is 10.4 Å². The number of anilines is 1. The number of hydrogen-bond acceptors (Lipinski definition) is 6. The van der Waals surface area contributed by atoms with Crippen molar-refractivity contribution in [2.75, 3.05) is 18.5 Å². The van der Waals surface area contributed by atoms with Crippen molar-refractivity contribution >= 4 is 29.6 Å². The van der Waals surface area contributed by atoms with Gasteiger partial charge in [0, 0.05) is 5.69 Å². The number of amides is 3. The second-order valence-electron chi connectivity index (χ2n) is 8.72. The molecule has 0 radical (unpaired) electrons. The molecule has 4 atom stereocenters. The molecule has 1 heterocycles. The van der Waals surface area contributed by atoms with E-state index in [1.54, 1.807) is 24.3 Å². The molecule has 1 aliphatic heterocycles. The number of fused-ring (bicyclic) bond motifs is 5. The van der Waals surface area contributed by atoms with E-state index in [4.69, 9.17) is 9.47 Å². The van der Waals surface area contributed by atoms with Gasteiger partial charge in [-0.3, -0.25) is 14.4 Å². The van der Waals surface area contributed by atoms with Gasteiger partial charge in [-0.05, 0) is 67.1 Å². The molecule has 2 fully saturated rings. The molecule has 2 aliphatic carbocycles. The van der Waals surface area contributed by atoms with Crippen LogP contribution < -0.4 is 14.8 Å². The first-order valence-electron chi connectivity index (χ1n) is 11.5. The Hall–Kier alpha value is -4.01. The highest BCUT2D eigenvalue weighted by molar-refractivity contribution is 6.06. The monoisotopic (exact) mass is 477 g/mol. The van der Waals surface area contributed by atoms with Gasteiger partial charge in [-0.1, -0.05) is 18.2 Å². The number of hydrogen-bond donors (Lipinski definition) is 1. The van der Waals surface area contributed by atoms with Crippen molar-refractivity contribution in [3.8, 4) is 11.5 Å². The van der Waals surface area contributed by atoms with Crippen LogP contribution in [0.25, 0.3) is 0 Å². The zero-order valence-electron chi connectivity index (χ0n) is 19.0. The molecule has 1 saturated carbocycles. The number of nitrogens with zero attached hydrogens (tertiary/aromatic N) is 2. The highest BCUT2D eigenvalue weighted by Crippen LogP contribution is 2.52. The van der Waals surface area contributed by atoms with Crippen molar-refractivity contribution in [1.82, 2.24) is 5.01 Å². The lowest BCUT2D eigenvalue weighted by molar-refractivity contribution is -0.140. The van der Waals surface area contributed by atoms with Crippen LogP contribution in [0.5, 0.6) is 11.5 Å². The van der Waals surface area contributed by atoms with E-state index in [-0.39, 0.29) is 42.1 Å². The Kier molecular flexibility index (Phi) is 6.07. The summed E-state index contributed by atoms with van der Waals surface area (Å²) in [6.45, 7) is 1.86. The van der Waals surface area contributed by atoms with E-state index < -0.39 is 11.7 Å². The summed E-state index contributed by atoms with van der Waals surface area (Å²) >= 11 is 0. The first kappa shape index (κ1) is 22.8. The second-order valence-corrected chi connectivity index (χ2v) is 8.72. The Labute approximate surface area is 201 Å². The maximum absolute atomic E-state index is 13.3. The summed E-state index contributed by atoms with van der Waals surface area (Å²) in [7, 11) is 0. The summed E-state index contributed by atoms with van der Waals surface area (Å²) < 4.78 is 24.5. The van der Waals surface area contributed by atoms with Crippen molar-refractivity contribution in [2.45, 2.75) is 13.3 Å². The van der Waals surface area contributed by atoms with Gasteiger partial charge in [0.15, 0.2) is 18.1 Å². The molecule has 35 heavy (non-hydrogen) atoms. The van der Waals surface area contributed by atoms with Crippen LogP contribution in [0.4, 0.5) is 10.1 Å². The first-order valence-corrected chi connectivity index (χ1v) is 11.5. The number of imide groups is 1. The van der Waals surface area contributed by atoms with Crippen molar-refractivity contribution in [2.24, 2.45) is 28.8 Å². The van der Waals surface area contributed by atoms with Crippen LogP contribution >= 0.6 is 0 Å². The number of halogens is 1. The van der Waals surface area contributed by atoms with E-state index in [0.29, 0.717) is 29.4 Å². The maximum Gasteiger partial charge on any atom is 0.262 e. The third-order valence-electron chi connectivity index (χ3n) is 6.50. The molecule has 2 aromatic rings. The van der Waals surface area contributed by atoms with Gasteiger partial charge in [-0.25, -0.2) is 4.39 Å². The van der Waals surface area contributed by atoms with Crippen LogP contribution in [0.2, 0.25) is 0 Å². The van der Waals surface area contributed by atoms with Crippen LogP contribution in [0, 0.1) is 29.5 Å². The number of hydrazone groups is 1. The predicted molar refractivity (Wildman–Crippen MR) is 125 cm³/mol. The van der Waals surface area contributed by atoms with E-state index in [0.717, 1.165) is 11.4 Å². The third-order valence-corrected chi connectivity index (χ3v) is 6.50. The third kappa shape index (κ3) is 4.41. The largest absolute Gasteiger partial charge is 0.490 e. The molecule has 0 aromatic heterocycles. The lowest BCUT2D eigenvalue weighted by atomic mass is 9.85. The van der Waals surface area contributed by atoms with E-state index in [1.807, 2.05) is 19.1 Å². The van der Waals surface area contributed by atoms with Gasteiger partial charge in [0.25, 0.3) is 17.7 Å². The van der Waals surface area contributed by atoms with Crippen LogP contribution in [-0.2, 0) is 14.4 Å². The lowest BCUT2D eigenvalue weighted by Gasteiger charge is -2.13. The Morgan fingerprint density at radius 3 is 2.51 bits per heavy atom. The van der Waals surface area contributed by atoms with Gasteiger partial charge in [0.1, 0.15) is 5.82 Å². The fourth-order valence-corrected chi connectivity index (χ4v) is 5.02. The smallest absolute Gasteiger partial charge is 0.262 e. The highest BCUT2D eigenvalue weighted by atomic mass is 19.1. The molecule has 8 nitrogen and oxygen atoms in total. The van der Waals surface area contributed by atoms with Crippen molar-refractivity contribution in [1.29, 1.82) is 0 Å². The normalized spacial score (nSPS) is 24.3. The number of benzene rings is 2. The number of carbonyl (C=O) groups excluding carboxylic acids is 3. The molecule has 0 spiro atoms. The average Bonchev–Trinajstić information content (AvgIpc) is 3.51. The molecule has 1 saturated heterocycles. The first-order chi connectivity index (χ1) is 16.9. The molecule has 1 N–H and O–H groups in total. The molecule has 5 rings (SSSR count). The van der Waals surface area contributed by atoms with Gasteiger partial charge in [0.05, 0.1) is 24.7 Å². The molecular formula is C26H24FN3O5. The Balaban J connectivity index is 1.24. The Morgan fingerprint density at radius 2 is 1.83 bits per heavy atom. The molecule has 180 valence electrons. The number of ether oxygens (including phenoxy) is 2. The zero-order chi connectivity index (χ0) is 24.5. The van der Waals surface area contributed by atoms with E-state index >= 15 is 0 Å². The van der Waals surface area contributed by atoms with Crippen molar-refractivity contribution in [3.05, 3.63) is 66.0 Å². The fourth-order valence-electron chi connectivity index (χ4n) is 5.02. The van der Waals surface area contributed by atoms with Crippen molar-refractivity contribution in [3.63, 3.8) is 0 Å². The fraction of sp³-hybridized carbons (Fsp3) is 0.308. The minimum Gasteiger partial charge on any atom is -0.490 e. The van der Waals surface area contributed by atoms with Crippen LogP contribution in [0.15, 0.2) is 59.7 Å². The number of nitrogens with one attached hydrogen (secondary N) is 1. The molecule has 9 heteroatoms. The minimum absolute atomic E-state index is 0.126. The number of rotatable bonds is 8. The second kappa shape index (κ2) is 9.32. The van der Waals surface area contributed by atoms with Crippen molar-refractivity contribution < 1.29 is 28.2 Å². The van der Waals surface area contributed by atoms with Crippen LogP contribution in [-0.4, -0.2) is 42.2 Å². The summed E-state index contributed by atoms with van der Waals surface area (Å²) in [5, 5.41) is 7.74. The van der Waals surface area contributed by atoms with E-state index in [9.17, 15) is 18.8 Å². The van der Waals surface area contributed by atoms with Crippen LogP contribution in [0.1, 0.15) is 18.9 Å². The van der Waals surface area contributed by atoms with Gasteiger partial charge >= 0.3 is 0 Å². The molecule has 2 aromatic carbocycles. The molecule has 3 amide bonds. The summed E-state index contributed by atoms with van der Waals surface area (Å²) in [5.74, 6) is -1.04. The predicted octanol–water partition coefficient (Wildman–Crippen LogP) is 3.38. The molecule has 2 bridgehead atoms. The highest BCUT2D eigenvalue weighted by Gasteiger charge is 2.59. The summed E-state index contributed by atoms with van der Waals surface area (Å²) in [6.07, 6.45) is 6.38. The summed E-state index contributed by atoms with van der Waals surface area (Å²) in [6, 6.07) is 10.5. The Morgan fingerprint density at radius 1 is 1.09 bits per heavy atom. The van der Waals surface area contributed by atoms with E-state index in [1.165, 1.54) is 24.4 Å². The lowest BCUT2D eigenvalue weighted by Crippen LogP contribution is -2.28.